The molecule has 0 atom stereocenters. The zero-order valence-electron chi connectivity index (χ0n) is 15.6. The molecule has 0 bridgehead atoms. The second-order valence-electron chi connectivity index (χ2n) is 6.97. The third-order valence-electron chi connectivity index (χ3n) is 5.02. The van der Waals surface area contributed by atoms with Crippen LogP contribution in [0.4, 0.5) is 5.82 Å². The van der Waals surface area contributed by atoms with Crippen molar-refractivity contribution in [1.29, 1.82) is 0 Å². The Morgan fingerprint density at radius 2 is 2.00 bits per heavy atom. The first-order chi connectivity index (χ1) is 13.7. The molecule has 8 nitrogen and oxygen atoms in total. The second-order valence-corrected chi connectivity index (χ2v) is 6.97. The number of likely N-dealkylation sites (tertiary alicyclic amines) is 1. The van der Waals surface area contributed by atoms with Crippen molar-refractivity contribution in [3.05, 3.63) is 48.4 Å². The van der Waals surface area contributed by atoms with Gasteiger partial charge in [0, 0.05) is 51.4 Å². The lowest BCUT2D eigenvalue weighted by Gasteiger charge is -2.32. The summed E-state index contributed by atoms with van der Waals surface area (Å²) in [5.41, 5.74) is 0.567. The highest BCUT2D eigenvalue weighted by molar-refractivity contribution is 5.94. The number of carbonyl (C=O) groups excluding carboxylic acids is 2. The van der Waals surface area contributed by atoms with E-state index in [0.29, 0.717) is 31.7 Å². The molecule has 0 aliphatic carbocycles. The summed E-state index contributed by atoms with van der Waals surface area (Å²) in [6.07, 6.45) is 6.69. The van der Waals surface area contributed by atoms with Crippen molar-refractivity contribution >= 4 is 17.6 Å². The quantitative estimate of drug-likeness (QED) is 0.853. The van der Waals surface area contributed by atoms with E-state index in [4.69, 9.17) is 4.74 Å². The number of rotatable bonds is 4. The molecule has 2 fully saturated rings. The maximum atomic E-state index is 12.8. The molecular formula is C20H23N5O3. The molecule has 8 heteroatoms. The molecular weight excluding hydrogens is 358 g/mol. The predicted molar refractivity (Wildman–Crippen MR) is 103 cm³/mol. The van der Waals surface area contributed by atoms with Crippen LogP contribution in [0.15, 0.2) is 42.9 Å². The number of ether oxygens (including phenoxy) is 1. The fourth-order valence-electron chi connectivity index (χ4n) is 3.50. The number of amides is 2. The molecule has 146 valence electrons. The fraction of sp³-hybridized carbons (Fsp3) is 0.400. The highest BCUT2D eigenvalue weighted by atomic mass is 16.5. The van der Waals surface area contributed by atoms with Crippen LogP contribution in [0, 0.1) is 0 Å². The van der Waals surface area contributed by atoms with Gasteiger partial charge in [0.2, 0.25) is 5.91 Å². The molecule has 0 spiro atoms. The Labute approximate surface area is 163 Å². The Morgan fingerprint density at radius 3 is 2.68 bits per heavy atom. The van der Waals surface area contributed by atoms with Crippen molar-refractivity contribution in [1.82, 2.24) is 20.2 Å². The van der Waals surface area contributed by atoms with Crippen molar-refractivity contribution in [3.8, 4) is 5.75 Å². The molecule has 2 saturated heterocycles. The van der Waals surface area contributed by atoms with Crippen LogP contribution in [0.25, 0.3) is 0 Å². The van der Waals surface area contributed by atoms with Crippen LogP contribution in [-0.2, 0) is 4.79 Å². The minimum absolute atomic E-state index is 0.00965. The topological polar surface area (TPSA) is 87.7 Å². The highest BCUT2D eigenvalue weighted by Crippen LogP contribution is 2.20. The summed E-state index contributed by atoms with van der Waals surface area (Å²) in [7, 11) is 0. The van der Waals surface area contributed by atoms with Gasteiger partial charge in [-0.15, -0.1) is 0 Å². The summed E-state index contributed by atoms with van der Waals surface area (Å²) >= 11 is 0. The Bertz CT molecular complexity index is 819. The Balaban J connectivity index is 1.32. The summed E-state index contributed by atoms with van der Waals surface area (Å²) in [5, 5.41) is 2.79. The van der Waals surface area contributed by atoms with Crippen LogP contribution in [0.5, 0.6) is 5.75 Å². The standard InChI is InChI=1S/C20H23N5O3/c26-19-14-25(11-8-22-19)18-4-3-15(12-23-18)20(27)24-9-5-16(6-10-24)28-17-2-1-7-21-13-17/h1-4,7,12-13,16H,5-6,8-11,14H2,(H,22,26). The van der Waals surface area contributed by atoms with Crippen molar-refractivity contribution in [2.24, 2.45) is 0 Å². The third-order valence-corrected chi connectivity index (χ3v) is 5.02. The van der Waals surface area contributed by atoms with Crippen LogP contribution in [-0.4, -0.2) is 65.5 Å². The number of nitrogens with one attached hydrogen (secondary N) is 1. The van der Waals surface area contributed by atoms with E-state index in [0.717, 1.165) is 31.0 Å². The first kappa shape index (κ1) is 18.2. The van der Waals surface area contributed by atoms with E-state index in [-0.39, 0.29) is 17.9 Å². The molecule has 2 amide bonds. The SMILES string of the molecule is O=C1CN(c2ccc(C(=O)N3CCC(Oc4cccnc4)CC3)cn2)CCN1. The van der Waals surface area contributed by atoms with Crippen LogP contribution in [0.2, 0.25) is 0 Å². The van der Waals surface area contributed by atoms with Crippen LogP contribution in [0.3, 0.4) is 0 Å². The van der Waals surface area contributed by atoms with E-state index in [1.807, 2.05) is 28.0 Å². The van der Waals surface area contributed by atoms with E-state index in [1.54, 1.807) is 24.7 Å². The van der Waals surface area contributed by atoms with Gasteiger partial charge in [0.15, 0.2) is 0 Å². The smallest absolute Gasteiger partial charge is 0.255 e. The van der Waals surface area contributed by atoms with Gasteiger partial charge in [-0.2, -0.15) is 0 Å². The number of carbonyl (C=O) groups is 2. The zero-order valence-corrected chi connectivity index (χ0v) is 15.6. The van der Waals surface area contributed by atoms with Crippen molar-refractivity contribution < 1.29 is 14.3 Å². The van der Waals surface area contributed by atoms with Crippen molar-refractivity contribution in [2.75, 3.05) is 37.6 Å². The monoisotopic (exact) mass is 381 g/mol. The number of pyridine rings is 2. The summed E-state index contributed by atoms with van der Waals surface area (Å²) < 4.78 is 5.93. The molecule has 0 radical (unpaired) electrons. The number of hydrogen-bond acceptors (Lipinski definition) is 6. The van der Waals surface area contributed by atoms with Gasteiger partial charge in [-0.05, 0) is 24.3 Å². The highest BCUT2D eigenvalue weighted by Gasteiger charge is 2.25. The molecule has 2 aliphatic heterocycles. The van der Waals surface area contributed by atoms with Gasteiger partial charge in [0.05, 0.1) is 18.3 Å². The van der Waals surface area contributed by atoms with Gasteiger partial charge in [-0.25, -0.2) is 4.98 Å². The second kappa shape index (κ2) is 8.24. The predicted octanol–water partition coefficient (Wildman–Crippen LogP) is 1.10. The van der Waals surface area contributed by atoms with Crippen LogP contribution in [0.1, 0.15) is 23.2 Å². The minimum atomic E-state index is -0.0183. The molecule has 4 rings (SSSR count). The number of piperazine rings is 1. The van der Waals surface area contributed by atoms with Crippen molar-refractivity contribution in [3.63, 3.8) is 0 Å². The van der Waals surface area contributed by atoms with Gasteiger partial charge in [0.25, 0.3) is 5.91 Å². The summed E-state index contributed by atoms with van der Waals surface area (Å²) in [5.74, 6) is 1.45. The normalized spacial score (nSPS) is 17.9. The fourth-order valence-corrected chi connectivity index (χ4v) is 3.50. The van der Waals surface area contributed by atoms with Crippen LogP contribution < -0.4 is 15.0 Å². The molecule has 0 aromatic carbocycles. The summed E-state index contributed by atoms with van der Waals surface area (Å²) in [4.78, 5) is 36.5. The van der Waals surface area contributed by atoms with Gasteiger partial charge in [-0.3, -0.25) is 14.6 Å². The van der Waals surface area contributed by atoms with Gasteiger partial charge in [-0.1, -0.05) is 0 Å². The molecule has 2 aromatic rings. The number of hydrogen-bond donors (Lipinski definition) is 1. The Morgan fingerprint density at radius 1 is 1.14 bits per heavy atom. The molecule has 28 heavy (non-hydrogen) atoms. The van der Waals surface area contributed by atoms with E-state index in [9.17, 15) is 9.59 Å². The molecule has 4 heterocycles. The molecule has 0 unspecified atom stereocenters. The summed E-state index contributed by atoms with van der Waals surface area (Å²) in [6.45, 7) is 2.92. The molecule has 0 saturated carbocycles. The molecule has 2 aromatic heterocycles. The Hall–Kier alpha value is -3.16. The molecule has 1 N–H and O–H groups in total. The lowest BCUT2D eigenvalue weighted by Crippen LogP contribution is -2.48. The van der Waals surface area contributed by atoms with E-state index >= 15 is 0 Å². The average molecular weight is 381 g/mol. The largest absolute Gasteiger partial charge is 0.489 e. The van der Waals surface area contributed by atoms with Gasteiger partial charge >= 0.3 is 0 Å². The maximum Gasteiger partial charge on any atom is 0.255 e. The first-order valence-corrected chi connectivity index (χ1v) is 9.53. The number of nitrogens with zero attached hydrogens (tertiary/aromatic N) is 4. The number of anilines is 1. The number of piperidine rings is 1. The van der Waals surface area contributed by atoms with E-state index < -0.39 is 0 Å². The molecule has 2 aliphatic rings. The minimum Gasteiger partial charge on any atom is -0.489 e. The first-order valence-electron chi connectivity index (χ1n) is 9.53. The summed E-state index contributed by atoms with van der Waals surface area (Å²) in [6, 6.07) is 7.34. The van der Waals surface area contributed by atoms with Gasteiger partial charge in [0.1, 0.15) is 17.7 Å². The Kier molecular flexibility index (Phi) is 5.36. The lowest BCUT2D eigenvalue weighted by atomic mass is 10.1. The lowest BCUT2D eigenvalue weighted by molar-refractivity contribution is -0.120. The van der Waals surface area contributed by atoms with Crippen molar-refractivity contribution in [2.45, 2.75) is 18.9 Å². The van der Waals surface area contributed by atoms with Crippen LogP contribution >= 0.6 is 0 Å². The third kappa shape index (κ3) is 4.21. The van der Waals surface area contributed by atoms with E-state index in [1.165, 1.54) is 0 Å². The van der Waals surface area contributed by atoms with Gasteiger partial charge < -0.3 is 19.9 Å². The maximum absolute atomic E-state index is 12.8. The zero-order chi connectivity index (χ0) is 19.3. The van der Waals surface area contributed by atoms with E-state index in [2.05, 4.69) is 15.3 Å². The number of aromatic nitrogens is 2. The average Bonchev–Trinajstić information content (AvgIpc) is 2.75.